The topological polar surface area (TPSA) is 90.9 Å². The number of benzene rings is 1. The fourth-order valence-electron chi connectivity index (χ4n) is 3.17. The number of rotatable bonds is 6. The molecule has 1 aliphatic heterocycles. The first-order valence-electron chi connectivity index (χ1n) is 8.37. The Hall–Kier alpha value is -2.48. The van der Waals surface area contributed by atoms with E-state index in [0.717, 1.165) is 0 Å². The zero-order chi connectivity index (χ0) is 19.3. The normalized spacial score (nSPS) is 24.8. The number of carbonyl (C=O) groups is 3. The molecule has 1 aliphatic rings. The quantitative estimate of drug-likeness (QED) is 0.600. The first-order valence-corrected chi connectivity index (χ1v) is 8.37. The maximum absolute atomic E-state index is 13.3. The maximum Gasteiger partial charge on any atom is 0.323 e. The van der Waals surface area contributed by atoms with Crippen LogP contribution in [0.15, 0.2) is 24.3 Å². The van der Waals surface area contributed by atoms with Gasteiger partial charge in [-0.15, -0.1) is 0 Å². The number of esters is 3. The van der Waals surface area contributed by atoms with Crippen LogP contribution in [0.1, 0.15) is 25.5 Å². The highest BCUT2D eigenvalue weighted by Gasteiger charge is 2.55. The summed E-state index contributed by atoms with van der Waals surface area (Å²) < 4.78 is 28.2. The average molecular weight is 367 g/mol. The Bertz CT molecular complexity index is 662. The van der Waals surface area contributed by atoms with E-state index < -0.39 is 47.6 Å². The van der Waals surface area contributed by atoms with Crippen molar-refractivity contribution in [3.8, 4) is 0 Å². The summed E-state index contributed by atoms with van der Waals surface area (Å²) in [6.07, 6.45) is 0. The van der Waals surface area contributed by atoms with Crippen molar-refractivity contribution in [1.82, 2.24) is 5.32 Å². The van der Waals surface area contributed by atoms with E-state index in [0.29, 0.717) is 5.56 Å². The molecule has 1 N–H and O–H groups in total. The highest BCUT2D eigenvalue weighted by molar-refractivity contribution is 5.91. The monoisotopic (exact) mass is 367 g/mol. The minimum absolute atomic E-state index is 0.0972. The number of hydrogen-bond acceptors (Lipinski definition) is 7. The van der Waals surface area contributed by atoms with Crippen LogP contribution in [0.5, 0.6) is 0 Å². The third-order valence-corrected chi connectivity index (χ3v) is 4.27. The van der Waals surface area contributed by atoms with Crippen molar-refractivity contribution in [1.29, 1.82) is 0 Å². The molecule has 0 saturated carbocycles. The largest absolute Gasteiger partial charge is 0.468 e. The van der Waals surface area contributed by atoms with E-state index in [1.165, 1.54) is 31.4 Å². The van der Waals surface area contributed by atoms with Gasteiger partial charge in [-0.3, -0.25) is 19.7 Å². The summed E-state index contributed by atoms with van der Waals surface area (Å²) >= 11 is 0. The van der Waals surface area contributed by atoms with Crippen molar-refractivity contribution in [2.75, 3.05) is 20.3 Å². The lowest BCUT2D eigenvalue weighted by Gasteiger charge is -2.22. The van der Waals surface area contributed by atoms with E-state index in [1.807, 2.05) is 0 Å². The second kappa shape index (κ2) is 8.75. The summed E-state index contributed by atoms with van der Waals surface area (Å²) in [5.74, 6) is -4.59. The molecule has 142 valence electrons. The molecule has 4 atom stereocenters. The number of halogens is 1. The molecular formula is C18H22FNO6. The van der Waals surface area contributed by atoms with Crippen LogP contribution in [0.3, 0.4) is 0 Å². The van der Waals surface area contributed by atoms with Crippen molar-refractivity contribution in [2.45, 2.75) is 25.9 Å². The minimum atomic E-state index is -1.11. The maximum atomic E-state index is 13.3. The number of methoxy groups -OCH3 is 1. The Kier molecular flexibility index (Phi) is 6.68. The van der Waals surface area contributed by atoms with Crippen LogP contribution >= 0.6 is 0 Å². The van der Waals surface area contributed by atoms with Gasteiger partial charge in [0.2, 0.25) is 0 Å². The Morgan fingerprint density at radius 2 is 1.50 bits per heavy atom. The molecule has 1 saturated heterocycles. The lowest BCUT2D eigenvalue weighted by molar-refractivity contribution is -0.162. The van der Waals surface area contributed by atoms with Gasteiger partial charge in [-0.25, -0.2) is 4.39 Å². The van der Waals surface area contributed by atoms with Gasteiger partial charge in [0, 0.05) is 6.04 Å². The van der Waals surface area contributed by atoms with Crippen LogP contribution < -0.4 is 5.32 Å². The second-order valence-electron chi connectivity index (χ2n) is 5.75. The van der Waals surface area contributed by atoms with E-state index in [2.05, 4.69) is 5.32 Å². The predicted octanol–water partition coefficient (Wildman–Crippen LogP) is 1.37. The summed E-state index contributed by atoms with van der Waals surface area (Å²) in [6, 6.07) is 3.65. The molecule has 0 amide bonds. The Morgan fingerprint density at radius 3 is 2.00 bits per heavy atom. The average Bonchev–Trinajstić information content (AvgIpc) is 3.03. The fraction of sp³-hybridized carbons (Fsp3) is 0.500. The molecule has 1 fully saturated rings. The molecule has 7 nitrogen and oxygen atoms in total. The lowest BCUT2D eigenvalue weighted by Crippen LogP contribution is -2.42. The van der Waals surface area contributed by atoms with Gasteiger partial charge in [0.15, 0.2) is 0 Å². The van der Waals surface area contributed by atoms with Crippen molar-refractivity contribution in [2.24, 2.45) is 11.8 Å². The molecule has 0 radical (unpaired) electrons. The van der Waals surface area contributed by atoms with Crippen LogP contribution in [0, 0.1) is 17.7 Å². The Balaban J connectivity index is 2.47. The summed E-state index contributed by atoms with van der Waals surface area (Å²) in [5, 5.41) is 2.96. The fourth-order valence-corrected chi connectivity index (χ4v) is 3.17. The molecule has 1 heterocycles. The standard InChI is InChI=1S/C18H22FNO6/c1-4-25-16(21)12-13(17(22)26-5-2)15(18(23)24-3)20-14(12)10-6-8-11(19)9-7-10/h6-9,12-15,20H,4-5H2,1-3H3/t12-,13+,14-,15-/m1/s1. The van der Waals surface area contributed by atoms with E-state index in [9.17, 15) is 18.8 Å². The summed E-state index contributed by atoms with van der Waals surface area (Å²) in [6.45, 7) is 3.48. The Morgan fingerprint density at radius 1 is 0.962 bits per heavy atom. The minimum Gasteiger partial charge on any atom is -0.468 e. The summed E-state index contributed by atoms with van der Waals surface area (Å²) in [5.41, 5.74) is 0.546. The smallest absolute Gasteiger partial charge is 0.323 e. The van der Waals surface area contributed by atoms with Crippen LogP contribution in [-0.2, 0) is 28.6 Å². The molecule has 0 aromatic heterocycles. The van der Waals surface area contributed by atoms with E-state index >= 15 is 0 Å². The van der Waals surface area contributed by atoms with Crippen LogP contribution in [0.2, 0.25) is 0 Å². The van der Waals surface area contributed by atoms with Gasteiger partial charge < -0.3 is 14.2 Å². The van der Waals surface area contributed by atoms with Crippen molar-refractivity contribution in [3.05, 3.63) is 35.6 Å². The molecule has 1 aromatic rings. The molecule has 26 heavy (non-hydrogen) atoms. The summed E-state index contributed by atoms with van der Waals surface area (Å²) in [7, 11) is 1.19. The lowest BCUT2D eigenvalue weighted by atomic mass is 9.84. The van der Waals surface area contributed by atoms with Crippen LogP contribution in [0.4, 0.5) is 4.39 Å². The van der Waals surface area contributed by atoms with Crippen molar-refractivity contribution >= 4 is 17.9 Å². The van der Waals surface area contributed by atoms with Gasteiger partial charge in [0.1, 0.15) is 11.9 Å². The zero-order valence-electron chi connectivity index (χ0n) is 14.9. The zero-order valence-corrected chi connectivity index (χ0v) is 14.9. The number of ether oxygens (including phenoxy) is 3. The highest BCUT2D eigenvalue weighted by Crippen LogP contribution is 2.39. The molecule has 0 unspecified atom stereocenters. The first-order chi connectivity index (χ1) is 12.4. The second-order valence-corrected chi connectivity index (χ2v) is 5.75. The van der Waals surface area contributed by atoms with E-state index in [1.54, 1.807) is 13.8 Å². The van der Waals surface area contributed by atoms with Crippen molar-refractivity contribution < 1.29 is 33.0 Å². The molecule has 2 rings (SSSR count). The van der Waals surface area contributed by atoms with Gasteiger partial charge in [-0.2, -0.15) is 0 Å². The third-order valence-electron chi connectivity index (χ3n) is 4.27. The molecule has 8 heteroatoms. The Labute approximate surface area is 150 Å². The predicted molar refractivity (Wildman–Crippen MR) is 88.3 cm³/mol. The molecule has 0 bridgehead atoms. The molecule has 0 aliphatic carbocycles. The highest BCUT2D eigenvalue weighted by atomic mass is 19.1. The van der Waals surface area contributed by atoms with Gasteiger partial charge in [0.25, 0.3) is 0 Å². The molecular weight excluding hydrogens is 345 g/mol. The third kappa shape index (κ3) is 4.01. The molecule has 1 aromatic carbocycles. The number of hydrogen-bond donors (Lipinski definition) is 1. The van der Waals surface area contributed by atoms with Gasteiger partial charge in [-0.1, -0.05) is 12.1 Å². The van der Waals surface area contributed by atoms with Gasteiger partial charge in [-0.05, 0) is 31.5 Å². The number of nitrogens with one attached hydrogen (secondary N) is 1. The van der Waals surface area contributed by atoms with Gasteiger partial charge in [0.05, 0.1) is 32.2 Å². The first kappa shape index (κ1) is 19.8. The molecule has 0 spiro atoms. The number of carbonyl (C=O) groups excluding carboxylic acids is 3. The van der Waals surface area contributed by atoms with Gasteiger partial charge >= 0.3 is 17.9 Å². The van der Waals surface area contributed by atoms with E-state index in [-0.39, 0.29) is 13.2 Å². The van der Waals surface area contributed by atoms with E-state index in [4.69, 9.17) is 14.2 Å². The van der Waals surface area contributed by atoms with Crippen LogP contribution in [0.25, 0.3) is 0 Å². The van der Waals surface area contributed by atoms with Crippen molar-refractivity contribution in [3.63, 3.8) is 0 Å². The SMILES string of the molecule is CCOC(=O)[C@@H]1[C@H](C(=O)OCC)[C@H](C(=O)OC)N[C@@H]1c1ccc(F)cc1. The van der Waals surface area contributed by atoms with Crippen LogP contribution in [-0.4, -0.2) is 44.3 Å². The summed E-state index contributed by atoms with van der Waals surface area (Å²) in [4.78, 5) is 37.2.